The van der Waals surface area contributed by atoms with Crippen molar-refractivity contribution in [2.75, 3.05) is 19.3 Å². The van der Waals surface area contributed by atoms with Crippen molar-refractivity contribution >= 4 is 55.8 Å². The summed E-state index contributed by atoms with van der Waals surface area (Å²) >= 11 is 5.50. The van der Waals surface area contributed by atoms with Crippen LogP contribution < -0.4 is 0 Å². The maximum atomic E-state index is 4.57. The quantitative estimate of drug-likeness (QED) is 0.744. The number of amidine groups is 1. The van der Waals surface area contributed by atoms with Gasteiger partial charge in [-0.05, 0) is 42.8 Å². The van der Waals surface area contributed by atoms with Gasteiger partial charge in [0.15, 0.2) is 5.17 Å². The van der Waals surface area contributed by atoms with Gasteiger partial charge >= 0.3 is 0 Å². The molecule has 0 saturated heterocycles. The summed E-state index contributed by atoms with van der Waals surface area (Å²) in [7, 11) is 0. The summed E-state index contributed by atoms with van der Waals surface area (Å²) in [6, 6.07) is 9.07. The minimum Gasteiger partial charge on any atom is -0.317 e. The van der Waals surface area contributed by atoms with Gasteiger partial charge in [0.1, 0.15) is 0 Å². The van der Waals surface area contributed by atoms with Crippen LogP contribution >= 0.6 is 34.9 Å². The van der Waals surface area contributed by atoms with E-state index in [1.807, 2.05) is 23.1 Å². The van der Waals surface area contributed by atoms with Crippen LogP contribution in [0, 0.1) is 0 Å². The van der Waals surface area contributed by atoms with E-state index in [1.165, 1.54) is 35.6 Å². The highest BCUT2D eigenvalue weighted by atomic mass is 32.2. The minimum absolute atomic E-state index is 0.931. The predicted molar refractivity (Wildman–Crippen MR) is 92.8 cm³/mol. The second-order valence-electron chi connectivity index (χ2n) is 4.84. The number of allylic oxidation sites excluding steroid dienone is 1. The Morgan fingerprint density at radius 1 is 1.30 bits per heavy atom. The molecule has 1 aromatic carbocycles. The molecule has 0 unspecified atom stereocenters. The molecule has 0 bridgehead atoms. The summed E-state index contributed by atoms with van der Waals surface area (Å²) in [5.41, 5.74) is 1.37. The zero-order valence-corrected chi connectivity index (χ0v) is 13.8. The van der Waals surface area contributed by atoms with Crippen molar-refractivity contribution in [1.29, 1.82) is 0 Å². The summed E-state index contributed by atoms with van der Waals surface area (Å²) in [4.78, 5) is 11.0. The number of hydrogen-bond acceptors (Lipinski definition) is 5. The van der Waals surface area contributed by atoms with E-state index in [2.05, 4.69) is 47.3 Å². The highest BCUT2D eigenvalue weighted by Gasteiger charge is 2.31. The molecule has 102 valence electrons. The molecule has 0 N–H and O–H groups in total. The van der Waals surface area contributed by atoms with Crippen molar-refractivity contribution in [3.63, 3.8) is 0 Å². The molecule has 2 aliphatic rings. The molecule has 0 amide bonds. The number of nitrogens with zero attached hydrogens (tertiary/aromatic N) is 2. The number of hydrogen-bond donors (Lipinski definition) is 0. The van der Waals surface area contributed by atoms with Crippen molar-refractivity contribution in [3.05, 3.63) is 34.0 Å². The number of benzene rings is 1. The van der Waals surface area contributed by atoms with E-state index in [0.29, 0.717) is 0 Å². The van der Waals surface area contributed by atoms with Crippen LogP contribution in [0.1, 0.15) is 11.8 Å². The van der Waals surface area contributed by atoms with Gasteiger partial charge in [0.2, 0.25) is 0 Å². The van der Waals surface area contributed by atoms with Crippen LogP contribution in [-0.2, 0) is 0 Å². The van der Waals surface area contributed by atoms with Gasteiger partial charge in [-0.15, -0.1) is 23.1 Å². The van der Waals surface area contributed by atoms with Gasteiger partial charge in [0, 0.05) is 21.0 Å². The molecule has 0 saturated carbocycles. The molecule has 0 fully saturated rings. The van der Waals surface area contributed by atoms with E-state index in [4.69, 9.17) is 0 Å². The standard InChI is InChI=1S/C15H14N2S3/c1-9-14(17-6-5-16-15(17)19-9)13-8-10-7-11(18-2)3-4-12(10)20-13/h3-4,7-8H,5-6H2,1-2H3. The van der Waals surface area contributed by atoms with E-state index in [-0.39, 0.29) is 0 Å². The third kappa shape index (κ3) is 1.91. The highest BCUT2D eigenvalue weighted by molar-refractivity contribution is 8.17. The molecule has 2 aromatic rings. The smallest absolute Gasteiger partial charge is 0.168 e. The SMILES string of the molecule is CSc1ccc2sc(C3=C(C)SC4=NCCN43)cc2c1. The molecule has 20 heavy (non-hydrogen) atoms. The first-order chi connectivity index (χ1) is 9.76. The summed E-state index contributed by atoms with van der Waals surface area (Å²) in [6.07, 6.45) is 2.13. The van der Waals surface area contributed by atoms with Gasteiger partial charge < -0.3 is 4.90 Å². The predicted octanol–water partition coefficient (Wildman–Crippen LogP) is 4.73. The Balaban J connectivity index is 1.82. The van der Waals surface area contributed by atoms with Crippen molar-refractivity contribution in [2.24, 2.45) is 4.99 Å². The lowest BCUT2D eigenvalue weighted by Gasteiger charge is -2.15. The fraction of sp³-hybridized carbons (Fsp3) is 0.267. The third-order valence-electron chi connectivity index (χ3n) is 3.61. The molecule has 3 heterocycles. The zero-order valence-electron chi connectivity index (χ0n) is 11.3. The fourth-order valence-corrected chi connectivity index (χ4v) is 5.38. The van der Waals surface area contributed by atoms with E-state index in [1.54, 1.807) is 11.8 Å². The molecule has 0 radical (unpaired) electrons. The number of thioether (sulfide) groups is 2. The molecule has 2 nitrogen and oxygen atoms in total. The first kappa shape index (κ1) is 12.8. The zero-order chi connectivity index (χ0) is 13.7. The molecule has 4 rings (SSSR count). The van der Waals surface area contributed by atoms with E-state index >= 15 is 0 Å². The van der Waals surface area contributed by atoms with Crippen LogP contribution in [0.25, 0.3) is 15.8 Å². The lowest BCUT2D eigenvalue weighted by molar-refractivity contribution is 0.649. The number of thiophene rings is 1. The van der Waals surface area contributed by atoms with Crippen molar-refractivity contribution in [1.82, 2.24) is 4.90 Å². The topological polar surface area (TPSA) is 15.6 Å². The van der Waals surface area contributed by atoms with Crippen LogP contribution in [-0.4, -0.2) is 29.4 Å². The summed E-state index contributed by atoms with van der Waals surface area (Å²) < 4.78 is 1.37. The molecule has 5 heteroatoms. The summed E-state index contributed by atoms with van der Waals surface area (Å²) in [6.45, 7) is 4.17. The second-order valence-corrected chi connectivity index (χ2v) is 7.98. The van der Waals surface area contributed by atoms with Crippen LogP contribution in [0.15, 0.2) is 39.1 Å². The molecular weight excluding hydrogens is 304 g/mol. The van der Waals surface area contributed by atoms with E-state index in [0.717, 1.165) is 13.1 Å². The van der Waals surface area contributed by atoms with Gasteiger partial charge in [0.05, 0.1) is 17.1 Å². The van der Waals surface area contributed by atoms with Crippen molar-refractivity contribution in [3.8, 4) is 0 Å². The molecular formula is C15H14N2S3. The Bertz CT molecular complexity index is 758. The van der Waals surface area contributed by atoms with Gasteiger partial charge in [-0.2, -0.15) is 0 Å². The normalized spacial score (nSPS) is 18.1. The first-order valence-electron chi connectivity index (χ1n) is 6.55. The summed E-state index contributed by atoms with van der Waals surface area (Å²) in [5.74, 6) is 0. The van der Waals surface area contributed by atoms with Gasteiger partial charge in [-0.25, -0.2) is 0 Å². The van der Waals surface area contributed by atoms with Crippen LogP contribution in [0.4, 0.5) is 0 Å². The minimum atomic E-state index is 0.931. The van der Waals surface area contributed by atoms with Crippen molar-refractivity contribution < 1.29 is 0 Å². The van der Waals surface area contributed by atoms with E-state index < -0.39 is 0 Å². The average Bonchev–Trinajstić information content (AvgIpc) is 3.10. The Hall–Kier alpha value is -0.910. The Kier molecular flexibility index (Phi) is 3.09. The number of aliphatic imine (C=N–C) groups is 1. The fourth-order valence-electron chi connectivity index (χ4n) is 2.67. The Morgan fingerprint density at radius 3 is 3.05 bits per heavy atom. The molecule has 2 aliphatic heterocycles. The van der Waals surface area contributed by atoms with Gasteiger partial charge in [-0.1, -0.05) is 11.8 Å². The highest BCUT2D eigenvalue weighted by Crippen LogP contribution is 2.44. The van der Waals surface area contributed by atoms with Crippen LogP contribution in [0.2, 0.25) is 0 Å². The van der Waals surface area contributed by atoms with E-state index in [9.17, 15) is 0 Å². The maximum Gasteiger partial charge on any atom is 0.168 e. The van der Waals surface area contributed by atoms with Crippen molar-refractivity contribution in [2.45, 2.75) is 11.8 Å². The first-order valence-corrected chi connectivity index (χ1v) is 9.41. The largest absolute Gasteiger partial charge is 0.317 e. The van der Waals surface area contributed by atoms with Crippen LogP contribution in [0.5, 0.6) is 0 Å². The molecule has 1 aromatic heterocycles. The second kappa shape index (κ2) is 4.83. The molecule has 0 aliphatic carbocycles. The lowest BCUT2D eigenvalue weighted by Crippen LogP contribution is -2.19. The van der Waals surface area contributed by atoms with Crippen LogP contribution in [0.3, 0.4) is 0 Å². The van der Waals surface area contributed by atoms with Gasteiger partial charge in [0.25, 0.3) is 0 Å². The third-order valence-corrected chi connectivity index (χ3v) is 6.49. The summed E-state index contributed by atoms with van der Waals surface area (Å²) in [5, 5.41) is 2.53. The lowest BCUT2D eigenvalue weighted by atomic mass is 10.2. The Morgan fingerprint density at radius 2 is 2.20 bits per heavy atom. The number of rotatable bonds is 2. The molecule has 0 atom stereocenters. The van der Waals surface area contributed by atoms with Gasteiger partial charge in [-0.3, -0.25) is 4.99 Å². The average molecular weight is 318 g/mol. The number of fused-ring (bicyclic) bond motifs is 2. The molecule has 0 spiro atoms. The maximum absolute atomic E-state index is 4.57. The Labute approximate surface area is 131 Å². The monoisotopic (exact) mass is 318 g/mol.